The van der Waals surface area contributed by atoms with E-state index in [4.69, 9.17) is 0 Å². The maximum atomic E-state index is 13.0. The van der Waals surface area contributed by atoms with Crippen molar-refractivity contribution < 1.29 is 4.79 Å². The Morgan fingerprint density at radius 3 is 2.68 bits per heavy atom. The van der Waals surface area contributed by atoms with Crippen molar-refractivity contribution in [2.24, 2.45) is 0 Å². The number of amides is 1. The molecule has 2 heterocycles. The van der Waals surface area contributed by atoms with Crippen molar-refractivity contribution in [2.75, 3.05) is 27.2 Å². The molecule has 7 heteroatoms. The summed E-state index contributed by atoms with van der Waals surface area (Å²) >= 11 is 1.37. The van der Waals surface area contributed by atoms with E-state index in [0.29, 0.717) is 24.6 Å². The van der Waals surface area contributed by atoms with Crippen molar-refractivity contribution >= 4 is 22.2 Å². The SMILES string of the molecule is CN(C)CCN(Cc1ccccc1)C(=O)c1cnc2sccn2c1=O. The summed E-state index contributed by atoms with van der Waals surface area (Å²) < 4.78 is 1.42. The van der Waals surface area contributed by atoms with Gasteiger partial charge in [-0.3, -0.25) is 14.0 Å². The van der Waals surface area contributed by atoms with E-state index in [-0.39, 0.29) is 17.0 Å². The Bertz CT molecular complexity index is 917. The van der Waals surface area contributed by atoms with Gasteiger partial charge < -0.3 is 9.80 Å². The van der Waals surface area contributed by atoms with Gasteiger partial charge in [-0.2, -0.15) is 0 Å². The van der Waals surface area contributed by atoms with Crippen LogP contribution >= 0.6 is 11.3 Å². The fourth-order valence-electron chi connectivity index (χ4n) is 2.52. The average molecular weight is 356 g/mol. The minimum absolute atomic E-state index is 0.102. The quantitative estimate of drug-likeness (QED) is 0.677. The zero-order chi connectivity index (χ0) is 17.8. The first-order chi connectivity index (χ1) is 12.1. The molecule has 0 saturated heterocycles. The molecule has 130 valence electrons. The summed E-state index contributed by atoms with van der Waals surface area (Å²) in [5.41, 5.74) is 0.809. The van der Waals surface area contributed by atoms with Crippen molar-refractivity contribution in [2.45, 2.75) is 6.54 Å². The van der Waals surface area contributed by atoms with Crippen LogP contribution in [0.2, 0.25) is 0 Å². The smallest absolute Gasteiger partial charge is 0.271 e. The predicted octanol–water partition coefficient (Wildman–Crippen LogP) is 1.96. The summed E-state index contributed by atoms with van der Waals surface area (Å²) in [6.07, 6.45) is 3.04. The van der Waals surface area contributed by atoms with Gasteiger partial charge in [0.15, 0.2) is 4.96 Å². The van der Waals surface area contributed by atoms with Crippen LogP contribution in [0.3, 0.4) is 0 Å². The van der Waals surface area contributed by atoms with Crippen molar-refractivity contribution in [3.63, 3.8) is 0 Å². The molecule has 0 atom stereocenters. The number of rotatable bonds is 6. The Kier molecular flexibility index (Phi) is 5.25. The third-order valence-electron chi connectivity index (χ3n) is 3.89. The number of carbonyl (C=O) groups excluding carboxylic acids is 1. The number of likely N-dealkylation sites (N-methyl/N-ethyl adjacent to an activating group) is 1. The number of nitrogens with zero attached hydrogens (tertiary/aromatic N) is 4. The summed E-state index contributed by atoms with van der Waals surface area (Å²) in [5.74, 6) is -0.288. The normalized spacial score (nSPS) is 11.2. The molecule has 0 aliphatic heterocycles. The second kappa shape index (κ2) is 7.58. The van der Waals surface area contributed by atoms with Gasteiger partial charge in [0.05, 0.1) is 0 Å². The van der Waals surface area contributed by atoms with E-state index in [2.05, 4.69) is 4.98 Å². The fourth-order valence-corrected chi connectivity index (χ4v) is 3.19. The lowest BCUT2D eigenvalue weighted by Crippen LogP contribution is -2.39. The van der Waals surface area contributed by atoms with Crippen LogP contribution in [-0.2, 0) is 6.54 Å². The maximum absolute atomic E-state index is 13.0. The molecule has 0 saturated carbocycles. The summed E-state index contributed by atoms with van der Waals surface area (Å²) in [4.78, 5) is 34.1. The number of thiazole rings is 1. The molecule has 0 unspecified atom stereocenters. The molecular weight excluding hydrogens is 336 g/mol. The third kappa shape index (κ3) is 3.94. The molecule has 0 radical (unpaired) electrons. The number of aromatic nitrogens is 2. The minimum Gasteiger partial charge on any atom is -0.333 e. The Morgan fingerprint density at radius 1 is 1.20 bits per heavy atom. The molecule has 2 aromatic heterocycles. The molecule has 25 heavy (non-hydrogen) atoms. The summed E-state index contributed by atoms with van der Waals surface area (Å²) in [5, 5.41) is 1.78. The lowest BCUT2D eigenvalue weighted by atomic mass is 10.2. The number of fused-ring (bicyclic) bond motifs is 1. The first kappa shape index (κ1) is 17.3. The standard InChI is InChI=1S/C18H20N4O2S/c1-20(2)8-9-21(13-14-6-4-3-5-7-14)16(23)15-12-19-18-22(17(15)24)10-11-25-18/h3-7,10-12H,8-9,13H2,1-2H3. The van der Waals surface area contributed by atoms with E-state index < -0.39 is 0 Å². The van der Waals surface area contributed by atoms with Gasteiger partial charge in [-0.1, -0.05) is 30.3 Å². The zero-order valence-electron chi connectivity index (χ0n) is 14.3. The Morgan fingerprint density at radius 2 is 1.96 bits per heavy atom. The van der Waals surface area contributed by atoms with Crippen LogP contribution in [-0.4, -0.2) is 52.3 Å². The Labute approximate surface area is 150 Å². The van der Waals surface area contributed by atoms with Crippen LogP contribution in [0.15, 0.2) is 52.9 Å². The first-order valence-electron chi connectivity index (χ1n) is 7.99. The van der Waals surface area contributed by atoms with Gasteiger partial charge >= 0.3 is 0 Å². The van der Waals surface area contributed by atoms with Crippen LogP contribution in [0.4, 0.5) is 0 Å². The minimum atomic E-state index is -0.320. The van der Waals surface area contributed by atoms with Crippen molar-refractivity contribution in [3.05, 3.63) is 69.6 Å². The molecule has 1 amide bonds. The molecule has 0 bridgehead atoms. The second-order valence-electron chi connectivity index (χ2n) is 6.05. The highest BCUT2D eigenvalue weighted by Gasteiger charge is 2.21. The highest BCUT2D eigenvalue weighted by Crippen LogP contribution is 2.10. The number of hydrogen-bond acceptors (Lipinski definition) is 5. The molecule has 0 aliphatic carbocycles. The summed E-state index contributed by atoms with van der Waals surface area (Å²) in [6.45, 7) is 1.71. The number of carbonyl (C=O) groups is 1. The molecule has 0 aliphatic rings. The van der Waals surface area contributed by atoms with Crippen molar-refractivity contribution in [1.29, 1.82) is 0 Å². The van der Waals surface area contributed by atoms with Crippen LogP contribution in [0.5, 0.6) is 0 Å². The monoisotopic (exact) mass is 356 g/mol. The molecule has 0 fully saturated rings. The molecule has 1 aromatic carbocycles. The van der Waals surface area contributed by atoms with Gasteiger partial charge in [0.2, 0.25) is 0 Å². The molecule has 3 rings (SSSR count). The molecule has 0 spiro atoms. The lowest BCUT2D eigenvalue weighted by molar-refractivity contribution is 0.0729. The topological polar surface area (TPSA) is 57.9 Å². The van der Waals surface area contributed by atoms with Gasteiger partial charge in [0.25, 0.3) is 11.5 Å². The number of hydrogen-bond donors (Lipinski definition) is 0. The van der Waals surface area contributed by atoms with Crippen LogP contribution in [0, 0.1) is 0 Å². The van der Waals surface area contributed by atoms with Crippen molar-refractivity contribution in [3.8, 4) is 0 Å². The summed E-state index contributed by atoms with van der Waals surface area (Å²) in [6, 6.07) is 9.78. The van der Waals surface area contributed by atoms with E-state index in [9.17, 15) is 9.59 Å². The lowest BCUT2D eigenvalue weighted by Gasteiger charge is -2.24. The van der Waals surface area contributed by atoms with E-state index >= 15 is 0 Å². The average Bonchev–Trinajstić information content (AvgIpc) is 3.09. The Hall–Kier alpha value is -2.51. The van der Waals surface area contributed by atoms with Crippen molar-refractivity contribution in [1.82, 2.24) is 19.2 Å². The van der Waals surface area contributed by atoms with Crippen LogP contribution in [0.25, 0.3) is 4.96 Å². The van der Waals surface area contributed by atoms with E-state index in [1.54, 1.807) is 16.5 Å². The van der Waals surface area contributed by atoms with E-state index in [0.717, 1.165) is 5.56 Å². The largest absolute Gasteiger partial charge is 0.333 e. The van der Waals surface area contributed by atoms with Crippen LogP contribution in [0.1, 0.15) is 15.9 Å². The maximum Gasteiger partial charge on any atom is 0.271 e. The molecule has 6 nitrogen and oxygen atoms in total. The van der Waals surface area contributed by atoms with Gasteiger partial charge in [0.1, 0.15) is 5.56 Å². The number of benzene rings is 1. The molecular formula is C18H20N4O2S. The van der Waals surface area contributed by atoms with Crippen LogP contribution < -0.4 is 5.56 Å². The van der Waals surface area contributed by atoms with Gasteiger partial charge in [-0.15, -0.1) is 11.3 Å². The highest BCUT2D eigenvalue weighted by molar-refractivity contribution is 7.15. The predicted molar refractivity (Wildman–Crippen MR) is 99.1 cm³/mol. The first-order valence-corrected chi connectivity index (χ1v) is 8.87. The highest BCUT2D eigenvalue weighted by atomic mass is 32.1. The van der Waals surface area contributed by atoms with Gasteiger partial charge in [0, 0.05) is 37.4 Å². The van der Waals surface area contributed by atoms with Gasteiger partial charge in [-0.05, 0) is 19.7 Å². The molecule has 3 aromatic rings. The fraction of sp³-hybridized carbons (Fsp3) is 0.278. The van der Waals surface area contributed by atoms with Gasteiger partial charge in [-0.25, -0.2) is 4.98 Å². The third-order valence-corrected chi connectivity index (χ3v) is 4.66. The zero-order valence-corrected chi connectivity index (χ0v) is 15.1. The van der Waals surface area contributed by atoms with E-state index in [1.165, 1.54) is 21.9 Å². The van der Waals surface area contributed by atoms with E-state index in [1.807, 2.05) is 49.3 Å². The Balaban J connectivity index is 1.91. The summed E-state index contributed by atoms with van der Waals surface area (Å²) in [7, 11) is 3.91. The second-order valence-corrected chi connectivity index (χ2v) is 6.92. The molecule has 0 N–H and O–H groups in total.